The molecule has 0 aliphatic carbocycles. The van der Waals surface area contributed by atoms with Crippen LogP contribution in [0.2, 0.25) is 0 Å². The van der Waals surface area contributed by atoms with Crippen molar-refractivity contribution >= 4 is 0 Å². The summed E-state index contributed by atoms with van der Waals surface area (Å²) in [5.74, 6) is 0.653. The monoisotopic (exact) mass is 295 g/mol. The molecule has 2 aromatic rings. The number of rotatable bonds is 6. The number of hydrogen-bond donors (Lipinski definition) is 0. The van der Waals surface area contributed by atoms with E-state index >= 15 is 0 Å². The van der Waals surface area contributed by atoms with Gasteiger partial charge in [-0.15, -0.1) is 0 Å². The summed E-state index contributed by atoms with van der Waals surface area (Å²) in [4.78, 5) is 2.57. The van der Waals surface area contributed by atoms with E-state index in [1.54, 1.807) is 0 Å². The Hall–Kier alpha value is -1.60. The molecule has 0 fully saturated rings. The van der Waals surface area contributed by atoms with E-state index in [1.165, 1.54) is 11.1 Å². The lowest BCUT2D eigenvalue weighted by Crippen LogP contribution is -2.33. The van der Waals surface area contributed by atoms with Gasteiger partial charge in [-0.25, -0.2) is 0 Å². The molecule has 1 atom stereocenters. The maximum Gasteiger partial charge on any atom is 0.0237 e. The second-order valence-electron chi connectivity index (χ2n) is 7.41. The molecule has 0 spiro atoms. The van der Waals surface area contributed by atoms with E-state index in [-0.39, 0.29) is 0 Å². The van der Waals surface area contributed by atoms with Crippen LogP contribution < -0.4 is 0 Å². The van der Waals surface area contributed by atoms with Gasteiger partial charge in [-0.05, 0) is 22.5 Å². The first-order valence-electron chi connectivity index (χ1n) is 8.25. The van der Waals surface area contributed by atoms with Crippen molar-refractivity contribution < 1.29 is 0 Å². The van der Waals surface area contributed by atoms with E-state index in [2.05, 4.69) is 93.3 Å². The zero-order valence-electron chi connectivity index (χ0n) is 14.4. The molecule has 1 heteroatoms. The van der Waals surface area contributed by atoms with Gasteiger partial charge in [-0.2, -0.15) is 0 Å². The van der Waals surface area contributed by atoms with E-state index in [0.717, 1.165) is 19.6 Å². The Morgan fingerprint density at radius 1 is 0.773 bits per heavy atom. The van der Waals surface area contributed by atoms with Gasteiger partial charge in [0.1, 0.15) is 0 Å². The Morgan fingerprint density at radius 3 is 1.55 bits per heavy atom. The molecule has 0 bridgehead atoms. The molecule has 2 rings (SSSR count). The van der Waals surface area contributed by atoms with Gasteiger partial charge in [-0.3, -0.25) is 4.90 Å². The molecule has 0 saturated carbocycles. The van der Waals surface area contributed by atoms with E-state index in [9.17, 15) is 0 Å². The molecule has 0 aliphatic rings. The van der Waals surface area contributed by atoms with Gasteiger partial charge >= 0.3 is 0 Å². The van der Waals surface area contributed by atoms with Crippen LogP contribution in [0.5, 0.6) is 0 Å². The average molecular weight is 295 g/mol. The Bertz CT molecular complexity index is 498. The Morgan fingerprint density at radius 2 is 1.18 bits per heavy atom. The van der Waals surface area contributed by atoms with E-state index in [4.69, 9.17) is 0 Å². The van der Waals surface area contributed by atoms with Crippen molar-refractivity contribution in [2.45, 2.75) is 40.8 Å². The third-order valence-corrected chi connectivity index (χ3v) is 4.51. The van der Waals surface area contributed by atoms with Crippen LogP contribution in [-0.2, 0) is 13.1 Å². The summed E-state index contributed by atoms with van der Waals surface area (Å²) in [6, 6.07) is 21.6. The molecule has 0 aromatic heterocycles. The molecule has 0 aliphatic heterocycles. The molecule has 0 amide bonds. The van der Waals surface area contributed by atoms with Crippen molar-refractivity contribution in [2.75, 3.05) is 6.54 Å². The number of nitrogens with zero attached hydrogens (tertiary/aromatic N) is 1. The zero-order chi connectivity index (χ0) is 16.0. The molecule has 118 valence electrons. The highest BCUT2D eigenvalue weighted by Crippen LogP contribution is 2.27. The Kier molecular flexibility index (Phi) is 5.79. The minimum atomic E-state index is 0.339. The lowest BCUT2D eigenvalue weighted by molar-refractivity contribution is 0.150. The molecule has 0 unspecified atom stereocenters. The maximum absolute atomic E-state index is 2.57. The fourth-order valence-corrected chi connectivity index (χ4v) is 2.53. The van der Waals surface area contributed by atoms with Crippen LogP contribution in [0.4, 0.5) is 0 Å². The average Bonchev–Trinajstić information content (AvgIpc) is 2.48. The van der Waals surface area contributed by atoms with Crippen LogP contribution in [0.1, 0.15) is 38.8 Å². The fourth-order valence-electron chi connectivity index (χ4n) is 2.53. The standard InChI is InChI=1S/C21H29N/c1-18(21(2,3)4)15-22(16-19-11-7-5-8-12-19)17-20-13-9-6-10-14-20/h5-14,18H,15-17H2,1-4H3/t18-/m1/s1. The van der Waals surface area contributed by atoms with E-state index in [0.29, 0.717) is 11.3 Å². The second kappa shape index (κ2) is 7.60. The van der Waals surface area contributed by atoms with Crippen LogP contribution in [-0.4, -0.2) is 11.4 Å². The van der Waals surface area contributed by atoms with Crippen molar-refractivity contribution in [3.8, 4) is 0 Å². The first-order valence-corrected chi connectivity index (χ1v) is 8.25. The highest BCUT2D eigenvalue weighted by Gasteiger charge is 2.22. The van der Waals surface area contributed by atoms with Crippen LogP contribution in [0, 0.1) is 11.3 Å². The predicted octanol–water partition coefficient (Wildman–Crippen LogP) is 5.37. The molecular weight excluding hydrogens is 266 g/mol. The first-order chi connectivity index (χ1) is 10.4. The minimum absolute atomic E-state index is 0.339. The summed E-state index contributed by atoms with van der Waals surface area (Å²) < 4.78 is 0. The lowest BCUT2D eigenvalue weighted by atomic mass is 9.81. The minimum Gasteiger partial charge on any atom is -0.295 e. The highest BCUT2D eigenvalue weighted by molar-refractivity contribution is 5.17. The van der Waals surface area contributed by atoms with Gasteiger partial charge in [0.25, 0.3) is 0 Å². The maximum atomic E-state index is 2.57. The van der Waals surface area contributed by atoms with E-state index in [1.807, 2.05) is 0 Å². The SMILES string of the molecule is C[C@H](CN(Cc1ccccc1)Cc1ccccc1)C(C)(C)C. The van der Waals surface area contributed by atoms with Gasteiger partial charge in [-0.1, -0.05) is 88.4 Å². The largest absolute Gasteiger partial charge is 0.295 e. The zero-order valence-corrected chi connectivity index (χ0v) is 14.4. The third-order valence-electron chi connectivity index (χ3n) is 4.51. The molecule has 2 aromatic carbocycles. The van der Waals surface area contributed by atoms with Crippen molar-refractivity contribution in [3.05, 3.63) is 71.8 Å². The smallest absolute Gasteiger partial charge is 0.0237 e. The molecule has 1 nitrogen and oxygen atoms in total. The summed E-state index contributed by atoms with van der Waals surface area (Å²) >= 11 is 0. The van der Waals surface area contributed by atoms with Gasteiger partial charge in [0.2, 0.25) is 0 Å². The molecule has 0 N–H and O–H groups in total. The Balaban J connectivity index is 2.09. The van der Waals surface area contributed by atoms with Gasteiger partial charge in [0.15, 0.2) is 0 Å². The summed E-state index contributed by atoms with van der Waals surface area (Å²) in [6.07, 6.45) is 0. The van der Waals surface area contributed by atoms with Crippen LogP contribution in [0.3, 0.4) is 0 Å². The van der Waals surface area contributed by atoms with E-state index < -0.39 is 0 Å². The molecule has 0 saturated heterocycles. The summed E-state index contributed by atoms with van der Waals surface area (Å²) in [7, 11) is 0. The topological polar surface area (TPSA) is 3.24 Å². The van der Waals surface area contributed by atoms with Gasteiger partial charge < -0.3 is 0 Å². The van der Waals surface area contributed by atoms with Crippen molar-refractivity contribution in [3.63, 3.8) is 0 Å². The van der Waals surface area contributed by atoms with Crippen LogP contribution in [0.15, 0.2) is 60.7 Å². The van der Waals surface area contributed by atoms with Gasteiger partial charge in [0, 0.05) is 19.6 Å². The number of hydrogen-bond acceptors (Lipinski definition) is 1. The van der Waals surface area contributed by atoms with Crippen LogP contribution >= 0.6 is 0 Å². The molecule has 0 radical (unpaired) electrons. The highest BCUT2D eigenvalue weighted by atomic mass is 15.1. The summed E-state index contributed by atoms with van der Waals surface area (Å²) in [6.45, 7) is 12.5. The third kappa shape index (κ3) is 5.31. The molecular formula is C21H29N. The fraction of sp³-hybridized carbons (Fsp3) is 0.429. The summed E-state index contributed by atoms with van der Waals surface area (Å²) in [5.41, 5.74) is 3.12. The molecule has 22 heavy (non-hydrogen) atoms. The Labute approximate surface area is 136 Å². The quantitative estimate of drug-likeness (QED) is 0.692. The van der Waals surface area contributed by atoms with Crippen molar-refractivity contribution in [1.82, 2.24) is 4.90 Å². The second-order valence-corrected chi connectivity index (χ2v) is 7.41. The summed E-state index contributed by atoms with van der Waals surface area (Å²) in [5, 5.41) is 0. The normalized spacial score (nSPS) is 13.3. The predicted molar refractivity (Wildman–Crippen MR) is 95.6 cm³/mol. The van der Waals surface area contributed by atoms with Crippen LogP contribution in [0.25, 0.3) is 0 Å². The lowest BCUT2D eigenvalue weighted by Gasteiger charge is -2.33. The van der Waals surface area contributed by atoms with Crippen molar-refractivity contribution in [1.29, 1.82) is 0 Å². The first kappa shape index (κ1) is 16.8. The molecule has 0 heterocycles. The van der Waals surface area contributed by atoms with Crippen molar-refractivity contribution in [2.24, 2.45) is 11.3 Å². The number of benzene rings is 2. The van der Waals surface area contributed by atoms with Gasteiger partial charge in [0.05, 0.1) is 0 Å².